The van der Waals surface area contributed by atoms with Crippen molar-refractivity contribution in [2.45, 2.75) is 24.9 Å². The van der Waals surface area contributed by atoms with Gasteiger partial charge in [-0.1, -0.05) is 0 Å². The van der Waals surface area contributed by atoms with Gasteiger partial charge >= 0.3 is 0 Å². The molecule has 8 heteroatoms. The summed E-state index contributed by atoms with van der Waals surface area (Å²) in [6.45, 7) is 2.23. The highest BCUT2D eigenvalue weighted by Gasteiger charge is 2.39. The summed E-state index contributed by atoms with van der Waals surface area (Å²) >= 11 is 5.18. The topological polar surface area (TPSA) is 72.9 Å². The summed E-state index contributed by atoms with van der Waals surface area (Å²) in [5.74, 6) is 0.313. The number of likely N-dealkylation sites (tertiary alicyclic amines) is 1. The first-order valence-electron chi connectivity index (χ1n) is 9.08. The van der Waals surface area contributed by atoms with Gasteiger partial charge in [-0.25, -0.2) is 15.0 Å². The van der Waals surface area contributed by atoms with E-state index in [-0.39, 0.29) is 0 Å². The van der Waals surface area contributed by atoms with Crippen molar-refractivity contribution in [3.05, 3.63) is 34.5 Å². The summed E-state index contributed by atoms with van der Waals surface area (Å²) in [5.41, 5.74) is 10.1. The van der Waals surface area contributed by atoms with Gasteiger partial charge in [-0.2, -0.15) is 0 Å². The van der Waals surface area contributed by atoms with Crippen LogP contribution < -0.4 is 5.73 Å². The largest absolute Gasteiger partial charge is 0.368 e. The van der Waals surface area contributed by atoms with Crippen LogP contribution in [0.15, 0.2) is 34.5 Å². The molecule has 4 aromatic rings. The van der Waals surface area contributed by atoms with Crippen molar-refractivity contribution in [2.24, 2.45) is 0 Å². The minimum atomic E-state index is 0.313. The van der Waals surface area contributed by atoms with Crippen molar-refractivity contribution in [1.82, 2.24) is 24.4 Å². The molecule has 0 radical (unpaired) electrons. The number of thiophene rings is 1. The number of hydrogen-bond acceptors (Lipinski definition) is 6. The van der Waals surface area contributed by atoms with E-state index >= 15 is 0 Å². The highest BCUT2D eigenvalue weighted by atomic mass is 79.9. The average molecular weight is 441 g/mol. The lowest BCUT2D eigenvalue weighted by atomic mass is 10.1. The van der Waals surface area contributed by atoms with Crippen molar-refractivity contribution >= 4 is 54.3 Å². The standard InChI is InChI=1S/C19H17BrN6S/c20-16-5-12-13(17-18-14(3-4-27-18)23-19(21)24-17)9-26(15(12)6-22-16)11-7-25(8-11)10-1-2-10/h3-6,9-11H,1-2,7-8H2,(H2,21,23,24). The van der Waals surface area contributed by atoms with Crippen molar-refractivity contribution < 1.29 is 0 Å². The van der Waals surface area contributed by atoms with E-state index in [1.807, 2.05) is 17.6 Å². The lowest BCUT2D eigenvalue weighted by molar-refractivity contribution is 0.101. The first-order valence-corrected chi connectivity index (χ1v) is 10.8. The number of nitrogen functional groups attached to an aromatic ring is 1. The summed E-state index contributed by atoms with van der Waals surface area (Å²) in [5, 5.41) is 3.19. The third-order valence-electron chi connectivity index (χ3n) is 5.61. The van der Waals surface area contributed by atoms with E-state index in [1.54, 1.807) is 11.3 Å². The van der Waals surface area contributed by atoms with E-state index in [0.717, 1.165) is 56.1 Å². The maximum absolute atomic E-state index is 6.00. The van der Waals surface area contributed by atoms with Gasteiger partial charge in [0.1, 0.15) is 4.60 Å². The molecule has 0 amide bonds. The predicted molar refractivity (Wildman–Crippen MR) is 112 cm³/mol. The minimum Gasteiger partial charge on any atom is -0.368 e. The van der Waals surface area contributed by atoms with Gasteiger partial charge in [0, 0.05) is 36.3 Å². The predicted octanol–water partition coefficient (Wildman–Crippen LogP) is 4.07. The first-order chi connectivity index (χ1) is 13.2. The fourth-order valence-electron chi connectivity index (χ4n) is 4.08. The van der Waals surface area contributed by atoms with Crippen LogP contribution >= 0.6 is 27.3 Å². The van der Waals surface area contributed by atoms with Gasteiger partial charge in [0.05, 0.1) is 33.7 Å². The highest BCUT2D eigenvalue weighted by molar-refractivity contribution is 9.10. The normalized spacial score (nSPS) is 18.4. The van der Waals surface area contributed by atoms with Crippen molar-refractivity contribution in [2.75, 3.05) is 18.8 Å². The number of halogens is 1. The van der Waals surface area contributed by atoms with Crippen LogP contribution in [0.5, 0.6) is 0 Å². The monoisotopic (exact) mass is 440 g/mol. The van der Waals surface area contributed by atoms with Crippen LogP contribution in [0.2, 0.25) is 0 Å². The summed E-state index contributed by atoms with van der Waals surface area (Å²) < 4.78 is 4.27. The molecular formula is C19H17BrN6S. The molecule has 1 saturated heterocycles. The van der Waals surface area contributed by atoms with E-state index in [1.165, 1.54) is 12.8 Å². The average Bonchev–Trinajstić information content (AvgIpc) is 3.20. The van der Waals surface area contributed by atoms with Gasteiger partial charge in [-0.15, -0.1) is 11.3 Å². The molecule has 2 aliphatic rings. The van der Waals surface area contributed by atoms with Crippen molar-refractivity contribution in [1.29, 1.82) is 0 Å². The Hall–Kier alpha value is -2.03. The van der Waals surface area contributed by atoms with E-state index in [4.69, 9.17) is 5.73 Å². The van der Waals surface area contributed by atoms with Gasteiger partial charge in [0.2, 0.25) is 5.95 Å². The van der Waals surface area contributed by atoms with Gasteiger partial charge in [-0.05, 0) is 46.3 Å². The Morgan fingerprint density at radius 1 is 1.19 bits per heavy atom. The van der Waals surface area contributed by atoms with Gasteiger partial charge < -0.3 is 10.3 Å². The molecule has 0 aromatic carbocycles. The molecule has 2 N–H and O–H groups in total. The second-order valence-electron chi connectivity index (χ2n) is 7.38. The molecule has 1 saturated carbocycles. The Morgan fingerprint density at radius 3 is 2.85 bits per heavy atom. The highest BCUT2D eigenvalue weighted by Crippen LogP contribution is 2.41. The molecule has 6 rings (SSSR count). The van der Waals surface area contributed by atoms with Crippen LogP contribution in [0.25, 0.3) is 32.4 Å². The Bertz CT molecular complexity index is 1190. The Balaban J connectivity index is 1.54. The van der Waals surface area contributed by atoms with E-state index in [2.05, 4.69) is 52.6 Å². The minimum absolute atomic E-state index is 0.313. The molecule has 5 heterocycles. The van der Waals surface area contributed by atoms with Gasteiger partial charge in [0.15, 0.2) is 0 Å². The Kier molecular flexibility index (Phi) is 3.39. The van der Waals surface area contributed by atoms with E-state index in [0.29, 0.717) is 12.0 Å². The molecular weight excluding hydrogens is 424 g/mol. The summed E-state index contributed by atoms with van der Waals surface area (Å²) in [4.78, 5) is 16.0. The zero-order chi connectivity index (χ0) is 18.1. The van der Waals surface area contributed by atoms with Gasteiger partial charge in [-0.3, -0.25) is 4.90 Å². The molecule has 0 atom stereocenters. The molecule has 1 aliphatic carbocycles. The number of aromatic nitrogens is 4. The maximum Gasteiger partial charge on any atom is 0.221 e. The number of fused-ring (bicyclic) bond motifs is 2. The molecule has 4 aromatic heterocycles. The zero-order valence-electron chi connectivity index (χ0n) is 14.5. The lowest BCUT2D eigenvalue weighted by Crippen LogP contribution is -2.48. The molecule has 2 fully saturated rings. The molecule has 6 nitrogen and oxygen atoms in total. The third-order valence-corrected chi connectivity index (χ3v) is 6.95. The molecule has 0 unspecified atom stereocenters. The van der Waals surface area contributed by atoms with Crippen LogP contribution in [-0.4, -0.2) is 43.6 Å². The number of pyridine rings is 1. The maximum atomic E-state index is 6.00. The van der Waals surface area contributed by atoms with Crippen molar-refractivity contribution in [3.8, 4) is 11.3 Å². The third kappa shape index (κ3) is 2.50. The number of rotatable bonds is 3. The SMILES string of the molecule is Nc1nc(-c2cn(C3CN(C4CC4)C3)c3cnc(Br)cc23)c2sccc2n1. The quantitative estimate of drug-likeness (QED) is 0.486. The molecule has 1 aliphatic heterocycles. The summed E-state index contributed by atoms with van der Waals surface area (Å²) in [7, 11) is 0. The van der Waals surface area contributed by atoms with E-state index in [9.17, 15) is 0 Å². The van der Waals surface area contributed by atoms with Crippen LogP contribution in [0.4, 0.5) is 5.95 Å². The first kappa shape index (κ1) is 16.0. The second kappa shape index (κ2) is 5.73. The Morgan fingerprint density at radius 2 is 2.04 bits per heavy atom. The van der Waals surface area contributed by atoms with Crippen LogP contribution in [0.1, 0.15) is 18.9 Å². The molecule has 0 bridgehead atoms. The number of hydrogen-bond donors (Lipinski definition) is 1. The fraction of sp³-hybridized carbons (Fsp3) is 0.316. The zero-order valence-corrected chi connectivity index (χ0v) is 16.9. The van der Waals surface area contributed by atoms with Crippen LogP contribution in [0.3, 0.4) is 0 Å². The molecule has 136 valence electrons. The number of nitrogens with zero attached hydrogens (tertiary/aromatic N) is 5. The molecule has 0 spiro atoms. The lowest BCUT2D eigenvalue weighted by Gasteiger charge is -2.40. The number of anilines is 1. The molecule has 27 heavy (non-hydrogen) atoms. The van der Waals surface area contributed by atoms with Crippen LogP contribution in [0, 0.1) is 0 Å². The number of nitrogens with two attached hydrogens (primary N) is 1. The second-order valence-corrected chi connectivity index (χ2v) is 9.11. The smallest absolute Gasteiger partial charge is 0.221 e. The van der Waals surface area contributed by atoms with Crippen molar-refractivity contribution in [3.63, 3.8) is 0 Å². The summed E-state index contributed by atoms with van der Waals surface area (Å²) in [6, 6.07) is 5.39. The summed E-state index contributed by atoms with van der Waals surface area (Å²) in [6.07, 6.45) is 6.90. The van der Waals surface area contributed by atoms with Gasteiger partial charge in [0.25, 0.3) is 0 Å². The van der Waals surface area contributed by atoms with Crippen LogP contribution in [-0.2, 0) is 0 Å². The fourth-order valence-corrected chi connectivity index (χ4v) is 5.24. The van der Waals surface area contributed by atoms with E-state index < -0.39 is 0 Å². The Labute approximate surface area is 168 Å².